The SMILES string of the molecule is O=C(C[C@@H]1CCS(=O)(=O)C1)N/N=C1/CCc2ccccc2C1. The molecule has 1 aliphatic carbocycles. The minimum Gasteiger partial charge on any atom is -0.273 e. The lowest BCUT2D eigenvalue weighted by molar-refractivity contribution is -0.121. The number of fused-ring (bicyclic) bond motifs is 1. The highest BCUT2D eigenvalue weighted by molar-refractivity contribution is 7.91. The number of aryl methyl sites for hydroxylation is 1. The molecule has 0 radical (unpaired) electrons. The average Bonchev–Trinajstić information content (AvgIpc) is 2.84. The minimum absolute atomic E-state index is 0.0581. The van der Waals surface area contributed by atoms with Gasteiger partial charge >= 0.3 is 0 Å². The van der Waals surface area contributed by atoms with Gasteiger partial charge in [-0.25, -0.2) is 13.8 Å². The van der Waals surface area contributed by atoms with E-state index in [1.54, 1.807) is 0 Å². The summed E-state index contributed by atoms with van der Waals surface area (Å²) >= 11 is 0. The number of rotatable bonds is 3. The molecule has 1 aromatic carbocycles. The maximum absolute atomic E-state index is 11.9. The molecule has 0 aromatic heterocycles. The van der Waals surface area contributed by atoms with Crippen LogP contribution in [0.15, 0.2) is 29.4 Å². The molecule has 1 atom stereocenters. The number of carbonyl (C=O) groups is 1. The van der Waals surface area contributed by atoms with E-state index in [0.29, 0.717) is 6.42 Å². The Morgan fingerprint density at radius 2 is 2.00 bits per heavy atom. The lowest BCUT2D eigenvalue weighted by Crippen LogP contribution is -2.24. The summed E-state index contributed by atoms with van der Waals surface area (Å²) in [5, 5.41) is 4.23. The molecule has 5 nitrogen and oxygen atoms in total. The van der Waals surface area contributed by atoms with E-state index in [2.05, 4.69) is 22.7 Å². The molecule has 2 aliphatic rings. The Bertz CT molecular complexity index is 710. The van der Waals surface area contributed by atoms with Gasteiger partial charge in [-0.3, -0.25) is 4.79 Å². The molecule has 22 heavy (non-hydrogen) atoms. The Kier molecular flexibility index (Phi) is 4.29. The lowest BCUT2D eigenvalue weighted by Gasteiger charge is -2.17. The molecule has 3 rings (SSSR count). The van der Waals surface area contributed by atoms with Gasteiger partial charge in [0.25, 0.3) is 0 Å². The van der Waals surface area contributed by atoms with Crippen LogP contribution in [0.3, 0.4) is 0 Å². The van der Waals surface area contributed by atoms with Crippen molar-refractivity contribution in [1.29, 1.82) is 0 Å². The van der Waals surface area contributed by atoms with E-state index >= 15 is 0 Å². The van der Waals surface area contributed by atoms with Gasteiger partial charge in [-0.15, -0.1) is 0 Å². The van der Waals surface area contributed by atoms with E-state index in [1.165, 1.54) is 11.1 Å². The van der Waals surface area contributed by atoms with E-state index < -0.39 is 9.84 Å². The minimum atomic E-state index is -2.93. The van der Waals surface area contributed by atoms with Crippen molar-refractivity contribution in [1.82, 2.24) is 5.43 Å². The van der Waals surface area contributed by atoms with Crippen molar-refractivity contribution in [2.75, 3.05) is 11.5 Å². The molecular weight excluding hydrogens is 300 g/mol. The van der Waals surface area contributed by atoms with Crippen LogP contribution < -0.4 is 5.43 Å². The third-order valence-electron chi connectivity index (χ3n) is 4.34. The second-order valence-corrected chi connectivity index (χ2v) is 8.36. The standard InChI is InChI=1S/C16H20N2O3S/c19-16(9-12-7-8-22(20,21)11-12)18-17-15-6-5-13-3-1-2-4-14(13)10-15/h1-4,12H,5-11H2,(H,18,19)/b17-15-/t12-/m0/s1. The van der Waals surface area contributed by atoms with Gasteiger partial charge in [-0.05, 0) is 36.3 Å². The van der Waals surface area contributed by atoms with Crippen LogP contribution in [-0.4, -0.2) is 31.5 Å². The van der Waals surface area contributed by atoms with Crippen molar-refractivity contribution in [2.45, 2.75) is 32.1 Å². The molecule has 118 valence electrons. The zero-order chi connectivity index (χ0) is 15.6. The quantitative estimate of drug-likeness (QED) is 0.857. The molecule has 1 amide bonds. The summed E-state index contributed by atoms with van der Waals surface area (Å²) < 4.78 is 22.8. The third-order valence-corrected chi connectivity index (χ3v) is 6.17. The van der Waals surface area contributed by atoms with Crippen LogP contribution in [0.4, 0.5) is 0 Å². The molecule has 1 aliphatic heterocycles. The van der Waals surface area contributed by atoms with Crippen LogP contribution >= 0.6 is 0 Å². The van der Waals surface area contributed by atoms with Gasteiger partial charge in [0, 0.05) is 18.6 Å². The first-order chi connectivity index (χ1) is 10.5. The van der Waals surface area contributed by atoms with Crippen molar-refractivity contribution in [3.8, 4) is 0 Å². The van der Waals surface area contributed by atoms with Crippen LogP contribution in [0, 0.1) is 5.92 Å². The highest BCUT2D eigenvalue weighted by atomic mass is 32.2. The predicted octanol–water partition coefficient (Wildman–Crippen LogP) is 1.47. The summed E-state index contributed by atoms with van der Waals surface area (Å²) in [6.07, 6.45) is 3.40. The van der Waals surface area contributed by atoms with Crippen LogP contribution in [-0.2, 0) is 27.5 Å². The van der Waals surface area contributed by atoms with E-state index in [9.17, 15) is 13.2 Å². The Morgan fingerprint density at radius 3 is 2.73 bits per heavy atom. The lowest BCUT2D eigenvalue weighted by atomic mass is 9.90. The van der Waals surface area contributed by atoms with Gasteiger partial charge in [0.05, 0.1) is 11.5 Å². The number of hydrogen-bond donors (Lipinski definition) is 1. The Morgan fingerprint density at radius 1 is 1.23 bits per heavy atom. The number of amides is 1. The predicted molar refractivity (Wildman–Crippen MR) is 85.4 cm³/mol. The fraction of sp³-hybridized carbons (Fsp3) is 0.500. The van der Waals surface area contributed by atoms with Gasteiger partial charge < -0.3 is 0 Å². The maximum atomic E-state index is 11.9. The summed E-state index contributed by atoms with van der Waals surface area (Å²) in [4.78, 5) is 11.9. The maximum Gasteiger partial charge on any atom is 0.240 e. The average molecular weight is 320 g/mol. The zero-order valence-corrected chi connectivity index (χ0v) is 13.2. The van der Waals surface area contributed by atoms with Gasteiger partial charge in [0.1, 0.15) is 0 Å². The van der Waals surface area contributed by atoms with E-state index in [4.69, 9.17) is 0 Å². The second-order valence-electron chi connectivity index (χ2n) is 6.13. The molecule has 1 fully saturated rings. The third kappa shape index (κ3) is 3.74. The number of nitrogens with one attached hydrogen (secondary N) is 1. The Balaban J connectivity index is 1.53. The summed E-state index contributed by atoms with van der Waals surface area (Å²) in [5.74, 6) is 0.0893. The summed E-state index contributed by atoms with van der Waals surface area (Å²) in [7, 11) is -2.93. The van der Waals surface area contributed by atoms with E-state index in [0.717, 1.165) is 25.0 Å². The molecule has 1 saturated heterocycles. The molecule has 1 aromatic rings. The number of benzene rings is 1. The van der Waals surface area contributed by atoms with Crippen LogP contribution in [0.25, 0.3) is 0 Å². The molecule has 0 unspecified atom stereocenters. The largest absolute Gasteiger partial charge is 0.273 e. The summed E-state index contributed by atoms with van der Waals surface area (Å²) in [6, 6.07) is 8.28. The highest BCUT2D eigenvalue weighted by Crippen LogP contribution is 2.21. The van der Waals surface area contributed by atoms with E-state index in [1.807, 2.05) is 12.1 Å². The molecule has 0 bridgehead atoms. The van der Waals surface area contributed by atoms with Crippen LogP contribution in [0.5, 0.6) is 0 Å². The second kappa shape index (κ2) is 6.20. The fourth-order valence-corrected chi connectivity index (χ4v) is 5.00. The van der Waals surface area contributed by atoms with Gasteiger partial charge in [-0.1, -0.05) is 24.3 Å². The molecule has 1 heterocycles. The molecule has 0 spiro atoms. The first-order valence-corrected chi connectivity index (χ1v) is 9.45. The van der Waals surface area contributed by atoms with Gasteiger partial charge in [0.15, 0.2) is 9.84 Å². The van der Waals surface area contributed by atoms with Gasteiger partial charge in [-0.2, -0.15) is 5.10 Å². The zero-order valence-electron chi connectivity index (χ0n) is 12.4. The highest BCUT2D eigenvalue weighted by Gasteiger charge is 2.29. The van der Waals surface area contributed by atoms with Crippen molar-refractivity contribution < 1.29 is 13.2 Å². The van der Waals surface area contributed by atoms with Crippen molar-refractivity contribution in [2.24, 2.45) is 11.0 Å². The first-order valence-electron chi connectivity index (χ1n) is 7.63. The number of sulfone groups is 1. The molecule has 6 heteroatoms. The molecule has 1 N–H and O–H groups in total. The number of nitrogens with zero attached hydrogens (tertiary/aromatic N) is 1. The Labute approximate surface area is 130 Å². The van der Waals surface area contributed by atoms with E-state index in [-0.39, 0.29) is 29.8 Å². The van der Waals surface area contributed by atoms with Crippen molar-refractivity contribution in [3.63, 3.8) is 0 Å². The van der Waals surface area contributed by atoms with Gasteiger partial charge in [0.2, 0.25) is 5.91 Å². The smallest absolute Gasteiger partial charge is 0.240 e. The number of hydrazone groups is 1. The topological polar surface area (TPSA) is 75.6 Å². The summed E-state index contributed by atoms with van der Waals surface area (Å²) in [6.45, 7) is 0. The monoisotopic (exact) mass is 320 g/mol. The Hall–Kier alpha value is -1.69. The van der Waals surface area contributed by atoms with Crippen molar-refractivity contribution in [3.05, 3.63) is 35.4 Å². The van der Waals surface area contributed by atoms with Crippen molar-refractivity contribution >= 4 is 21.5 Å². The van der Waals surface area contributed by atoms with Crippen LogP contribution in [0.1, 0.15) is 30.4 Å². The van der Waals surface area contributed by atoms with Crippen LogP contribution in [0.2, 0.25) is 0 Å². The number of carbonyl (C=O) groups excluding carboxylic acids is 1. The number of hydrogen-bond acceptors (Lipinski definition) is 4. The molecule has 0 saturated carbocycles. The fourth-order valence-electron chi connectivity index (χ4n) is 3.14. The normalized spacial score (nSPS) is 24.9. The summed E-state index contributed by atoms with van der Waals surface area (Å²) in [5.41, 5.74) is 6.19. The first kappa shape index (κ1) is 15.2. The molecular formula is C16H20N2O3S.